The molecule has 3 heterocycles. The third-order valence-corrected chi connectivity index (χ3v) is 4.56. The fourth-order valence-electron chi connectivity index (χ4n) is 2.30. The Morgan fingerprint density at radius 3 is 2.81 bits per heavy atom. The van der Waals surface area contributed by atoms with E-state index in [1.165, 1.54) is 16.4 Å². The van der Waals surface area contributed by atoms with Crippen molar-refractivity contribution < 1.29 is 25.2 Å². The molecule has 0 bridgehead atoms. The number of thioether (sulfide) groups is 1. The van der Waals surface area contributed by atoms with E-state index in [2.05, 4.69) is 15.3 Å². The van der Waals surface area contributed by atoms with Gasteiger partial charge in [0.1, 0.15) is 29.8 Å². The van der Waals surface area contributed by atoms with E-state index >= 15 is 0 Å². The molecule has 0 aromatic carbocycles. The molecule has 4 N–H and O–H groups in total. The fraction of sp³-hybridized carbons (Fsp3) is 0.727. The second kappa shape index (κ2) is 5.99. The molecule has 2 aliphatic rings. The molecule has 1 fully saturated rings. The summed E-state index contributed by atoms with van der Waals surface area (Å²) in [7, 11) is 0. The second-order valence-corrected chi connectivity index (χ2v) is 5.92. The number of nitrogens with zero attached hydrogens (tertiary/aromatic N) is 4. The highest BCUT2D eigenvalue weighted by Crippen LogP contribution is 2.36. The molecule has 2 aliphatic heterocycles. The van der Waals surface area contributed by atoms with E-state index in [0.29, 0.717) is 17.3 Å². The van der Waals surface area contributed by atoms with Crippen molar-refractivity contribution in [2.75, 3.05) is 13.2 Å². The quantitative estimate of drug-likeness (QED) is 0.484. The van der Waals surface area contributed by atoms with Crippen molar-refractivity contribution in [2.45, 2.75) is 36.2 Å². The van der Waals surface area contributed by atoms with Crippen LogP contribution < -0.4 is 0 Å². The predicted molar refractivity (Wildman–Crippen MR) is 72.8 cm³/mol. The van der Waals surface area contributed by atoms with Crippen LogP contribution in [0.2, 0.25) is 0 Å². The van der Waals surface area contributed by atoms with Gasteiger partial charge >= 0.3 is 0 Å². The molecule has 0 unspecified atom stereocenters. The Bertz CT molecular complexity index is 538. The molecule has 1 aromatic heterocycles. The van der Waals surface area contributed by atoms with Gasteiger partial charge in [-0.2, -0.15) is 4.68 Å². The smallest absolute Gasteiger partial charge is 0.188 e. The minimum Gasteiger partial charge on any atom is -0.396 e. The monoisotopic (exact) mass is 316 g/mol. The largest absolute Gasteiger partial charge is 0.396 e. The van der Waals surface area contributed by atoms with E-state index in [0.717, 1.165) is 0 Å². The number of aliphatic hydroxyl groups excluding tert-OH is 4. The summed E-state index contributed by atoms with van der Waals surface area (Å²) in [5.41, 5.74) is 0.145. The van der Waals surface area contributed by atoms with Gasteiger partial charge in [-0.05, 0) is 0 Å². The van der Waals surface area contributed by atoms with Gasteiger partial charge in [0.05, 0.1) is 18.5 Å². The third kappa shape index (κ3) is 2.70. The van der Waals surface area contributed by atoms with Gasteiger partial charge < -0.3 is 25.2 Å². The number of fused-ring (bicyclic) bond motifs is 1. The van der Waals surface area contributed by atoms with E-state index in [-0.39, 0.29) is 13.2 Å². The first-order valence-corrected chi connectivity index (χ1v) is 7.41. The molecule has 116 valence electrons. The summed E-state index contributed by atoms with van der Waals surface area (Å²) in [6.45, 7) is -0.392. The van der Waals surface area contributed by atoms with Crippen LogP contribution in [-0.4, -0.2) is 83.6 Å². The van der Waals surface area contributed by atoms with Gasteiger partial charge in [-0.3, -0.25) is 4.99 Å². The SMILES string of the molecule is OCCc1cn(C2=N[C@@H]3[C@@H](O)[C@H](O)[C@@H](CO)O[C@@H]3S2)nn1. The minimum atomic E-state index is -1.18. The van der Waals surface area contributed by atoms with Crippen LogP contribution >= 0.6 is 11.8 Å². The zero-order valence-electron chi connectivity index (χ0n) is 11.0. The Balaban J connectivity index is 1.78. The maximum atomic E-state index is 10.1. The summed E-state index contributed by atoms with van der Waals surface area (Å²) in [6, 6.07) is -0.617. The highest BCUT2D eigenvalue weighted by atomic mass is 32.2. The van der Waals surface area contributed by atoms with E-state index < -0.39 is 29.8 Å². The summed E-state index contributed by atoms with van der Waals surface area (Å²) >= 11 is 1.25. The van der Waals surface area contributed by atoms with Gasteiger partial charge in [-0.15, -0.1) is 5.10 Å². The van der Waals surface area contributed by atoms with Crippen molar-refractivity contribution in [2.24, 2.45) is 4.99 Å². The molecule has 0 amide bonds. The number of aliphatic hydroxyl groups is 4. The molecule has 0 aliphatic carbocycles. The summed E-state index contributed by atoms with van der Waals surface area (Å²) in [6.07, 6.45) is -1.07. The average Bonchev–Trinajstić information content (AvgIpc) is 3.09. The third-order valence-electron chi connectivity index (χ3n) is 3.43. The highest BCUT2D eigenvalue weighted by molar-refractivity contribution is 8.14. The van der Waals surface area contributed by atoms with Gasteiger partial charge in [0.2, 0.25) is 0 Å². The highest BCUT2D eigenvalue weighted by Gasteiger charge is 2.48. The van der Waals surface area contributed by atoms with Gasteiger partial charge in [-0.25, -0.2) is 0 Å². The lowest BCUT2D eigenvalue weighted by Gasteiger charge is -2.37. The van der Waals surface area contributed by atoms with Gasteiger partial charge in [0.15, 0.2) is 5.17 Å². The number of hydrogen-bond donors (Lipinski definition) is 4. The number of rotatable bonds is 3. The zero-order valence-corrected chi connectivity index (χ0v) is 11.8. The molecule has 1 aromatic rings. The maximum Gasteiger partial charge on any atom is 0.188 e. The van der Waals surface area contributed by atoms with Gasteiger partial charge in [0, 0.05) is 13.0 Å². The molecule has 0 radical (unpaired) electrons. The second-order valence-electron chi connectivity index (χ2n) is 4.85. The van der Waals surface area contributed by atoms with E-state index in [4.69, 9.17) is 14.9 Å². The van der Waals surface area contributed by atoms with Crippen molar-refractivity contribution in [3.63, 3.8) is 0 Å². The van der Waals surface area contributed by atoms with Crippen molar-refractivity contribution in [1.29, 1.82) is 0 Å². The number of ether oxygens (including phenoxy) is 1. The van der Waals surface area contributed by atoms with E-state index in [1.54, 1.807) is 6.20 Å². The van der Waals surface area contributed by atoms with Gasteiger partial charge in [-0.1, -0.05) is 17.0 Å². The van der Waals surface area contributed by atoms with E-state index in [9.17, 15) is 10.2 Å². The number of aromatic nitrogens is 3. The Labute approximate surface area is 124 Å². The normalized spacial score (nSPS) is 35.6. The molecule has 0 saturated carbocycles. The molecule has 10 heteroatoms. The lowest BCUT2D eigenvalue weighted by molar-refractivity contribution is -0.164. The molecule has 5 atom stereocenters. The van der Waals surface area contributed by atoms with Crippen molar-refractivity contribution >= 4 is 16.9 Å². The maximum absolute atomic E-state index is 10.1. The summed E-state index contributed by atoms with van der Waals surface area (Å²) in [5, 5.41) is 46.2. The van der Waals surface area contributed by atoms with Crippen LogP contribution in [0.25, 0.3) is 0 Å². The lowest BCUT2D eigenvalue weighted by Crippen LogP contribution is -2.55. The molecule has 9 nitrogen and oxygen atoms in total. The number of hydrogen-bond acceptors (Lipinski definition) is 9. The Hall–Kier alpha value is -1.04. The van der Waals surface area contributed by atoms with Crippen LogP contribution in [-0.2, 0) is 11.2 Å². The van der Waals surface area contributed by atoms with Crippen LogP contribution in [0.3, 0.4) is 0 Å². The van der Waals surface area contributed by atoms with Crippen LogP contribution in [0, 0.1) is 0 Å². The molecule has 21 heavy (non-hydrogen) atoms. The first kappa shape index (κ1) is 14.9. The molecule has 1 saturated heterocycles. The fourth-order valence-corrected chi connectivity index (χ4v) is 3.45. The Kier molecular flexibility index (Phi) is 4.24. The molecule has 3 rings (SSSR count). The average molecular weight is 316 g/mol. The van der Waals surface area contributed by atoms with Crippen LogP contribution in [0.15, 0.2) is 11.2 Å². The molecular formula is C11H16N4O5S. The summed E-state index contributed by atoms with van der Waals surface area (Å²) in [4.78, 5) is 4.31. The van der Waals surface area contributed by atoms with Gasteiger partial charge in [0.25, 0.3) is 0 Å². The van der Waals surface area contributed by atoms with Crippen molar-refractivity contribution in [3.05, 3.63) is 11.9 Å². The van der Waals surface area contributed by atoms with Crippen LogP contribution in [0.5, 0.6) is 0 Å². The Morgan fingerprint density at radius 2 is 2.10 bits per heavy atom. The standard InChI is InChI=1S/C11H16N4O5S/c16-2-1-5-3-15(14-13-5)11-12-7-9(19)8(18)6(4-17)20-10(7)21-11/h3,6-10,16-19H,1-2,4H2/t6-,7-,8-,9-,10-/m1/s1. The zero-order chi connectivity index (χ0) is 15.0. The lowest BCUT2D eigenvalue weighted by atomic mass is 9.99. The Morgan fingerprint density at radius 1 is 1.29 bits per heavy atom. The molecule has 0 spiro atoms. The number of aliphatic imine (C=N–C) groups is 1. The van der Waals surface area contributed by atoms with Crippen LogP contribution in [0.4, 0.5) is 0 Å². The predicted octanol–water partition coefficient (Wildman–Crippen LogP) is -2.43. The topological polar surface area (TPSA) is 133 Å². The minimum absolute atomic E-state index is 0.0181. The molecular weight excluding hydrogens is 300 g/mol. The summed E-state index contributed by atoms with van der Waals surface area (Å²) in [5.74, 6) is 0. The van der Waals surface area contributed by atoms with Crippen molar-refractivity contribution in [3.8, 4) is 0 Å². The summed E-state index contributed by atoms with van der Waals surface area (Å²) < 4.78 is 6.98. The first-order valence-electron chi connectivity index (χ1n) is 6.53. The van der Waals surface area contributed by atoms with E-state index in [1.807, 2.05) is 0 Å². The van der Waals surface area contributed by atoms with Crippen molar-refractivity contribution in [1.82, 2.24) is 15.0 Å². The van der Waals surface area contributed by atoms with Crippen LogP contribution in [0.1, 0.15) is 5.69 Å². The first-order chi connectivity index (χ1) is 10.1.